The van der Waals surface area contributed by atoms with Crippen LogP contribution in [0.5, 0.6) is 57.5 Å². The Morgan fingerprint density at radius 3 is 1.38 bits per heavy atom. The number of methoxy groups -OCH3 is 5. The average molecular weight is 1070 g/mol. The van der Waals surface area contributed by atoms with Crippen LogP contribution in [0.4, 0.5) is 5.69 Å². The number of benzene rings is 6. The van der Waals surface area contributed by atoms with E-state index in [1.165, 1.54) is 71.9 Å². The first-order chi connectivity index (χ1) is 37.8. The highest BCUT2D eigenvalue weighted by atomic mass is 16.6. The zero-order chi connectivity index (χ0) is 56.1. The first kappa shape index (κ1) is 59.0. The normalized spacial score (nSPS) is 11.6. The number of unbranched alkanes of at least 4 members (excludes halogenated alkanes) is 2. The van der Waals surface area contributed by atoms with Crippen molar-refractivity contribution >= 4 is 29.5 Å². The molecule has 0 aromatic heterocycles. The van der Waals surface area contributed by atoms with E-state index in [0.717, 1.165) is 62.5 Å². The molecule has 0 fully saturated rings. The van der Waals surface area contributed by atoms with Gasteiger partial charge in [-0.15, -0.1) is 0 Å². The standard InChI is InChI=1S/C62H71NO15/c1-10-14-16-39(12-3)37-74-57-34-52(69-5)48(32-55(57)72-8)59(65)63-50-28-22-44(31-54(50)71-7)61(67)77-47-26-20-42(21-27-47)41-18-24-46(25-19-41)76-60(66)43-23-29-51(45(30-43)36-64)78-62(68)49-33-56(73-9)58(35-53(49)70-6)75-38-40(13-4)17-15-11-2/h18-35,39-40,64H,10-17,36-38H2,1-9H3,(H,63,65). The maximum Gasteiger partial charge on any atom is 0.347 e. The fraction of sp³-hybridized carbons (Fsp3) is 0.355. The molecule has 0 aliphatic rings. The van der Waals surface area contributed by atoms with Gasteiger partial charge in [-0.2, -0.15) is 0 Å². The van der Waals surface area contributed by atoms with E-state index in [1.54, 1.807) is 72.8 Å². The summed E-state index contributed by atoms with van der Waals surface area (Å²) in [5, 5.41) is 13.1. The van der Waals surface area contributed by atoms with Gasteiger partial charge in [-0.3, -0.25) is 4.79 Å². The summed E-state index contributed by atoms with van der Waals surface area (Å²) >= 11 is 0. The number of amides is 1. The van der Waals surface area contributed by atoms with Gasteiger partial charge in [0.2, 0.25) is 0 Å². The van der Waals surface area contributed by atoms with Gasteiger partial charge in [0.25, 0.3) is 5.91 Å². The number of rotatable bonds is 29. The minimum absolute atomic E-state index is 0.0372. The van der Waals surface area contributed by atoms with E-state index < -0.39 is 30.4 Å². The third-order valence-electron chi connectivity index (χ3n) is 13.3. The van der Waals surface area contributed by atoms with Crippen molar-refractivity contribution in [3.63, 3.8) is 0 Å². The lowest BCUT2D eigenvalue weighted by Gasteiger charge is -2.19. The van der Waals surface area contributed by atoms with Crippen LogP contribution in [0.25, 0.3) is 11.1 Å². The first-order valence-electron chi connectivity index (χ1n) is 26.2. The van der Waals surface area contributed by atoms with Crippen molar-refractivity contribution in [1.29, 1.82) is 0 Å². The Bertz CT molecular complexity index is 2770. The molecule has 0 aliphatic heterocycles. The number of aliphatic hydroxyl groups is 1. The molecule has 0 saturated heterocycles. The highest BCUT2D eigenvalue weighted by Gasteiger charge is 2.24. The maximum absolute atomic E-state index is 13.7. The molecule has 1 amide bonds. The summed E-state index contributed by atoms with van der Waals surface area (Å²) in [6.07, 6.45) is 8.48. The molecule has 2 N–H and O–H groups in total. The first-order valence-corrected chi connectivity index (χ1v) is 26.2. The van der Waals surface area contributed by atoms with Gasteiger partial charge in [0.15, 0.2) is 23.0 Å². The van der Waals surface area contributed by atoms with E-state index in [9.17, 15) is 24.3 Å². The molecule has 16 heteroatoms. The second kappa shape index (κ2) is 29.3. The molecule has 414 valence electrons. The number of aliphatic hydroxyl groups excluding tert-OH is 1. The quantitative estimate of drug-likeness (QED) is 0.0333. The summed E-state index contributed by atoms with van der Waals surface area (Å²) in [7, 11) is 7.32. The van der Waals surface area contributed by atoms with E-state index in [2.05, 4.69) is 33.0 Å². The van der Waals surface area contributed by atoms with Gasteiger partial charge in [0.05, 0.1) is 77.7 Å². The number of hydrogen-bond acceptors (Lipinski definition) is 15. The largest absolute Gasteiger partial charge is 0.496 e. The van der Waals surface area contributed by atoms with E-state index in [1.807, 2.05) is 0 Å². The van der Waals surface area contributed by atoms with Crippen LogP contribution in [0.15, 0.2) is 109 Å². The van der Waals surface area contributed by atoms with Crippen LogP contribution in [-0.4, -0.2) is 77.7 Å². The Balaban J connectivity index is 1.04. The predicted molar refractivity (Wildman–Crippen MR) is 297 cm³/mol. The van der Waals surface area contributed by atoms with Crippen molar-refractivity contribution in [3.8, 4) is 68.6 Å². The number of hydrogen-bond donors (Lipinski definition) is 2. The molecule has 2 atom stereocenters. The highest BCUT2D eigenvalue weighted by Crippen LogP contribution is 2.39. The molecule has 6 aromatic carbocycles. The molecule has 0 spiro atoms. The predicted octanol–water partition coefficient (Wildman–Crippen LogP) is 13.0. The average Bonchev–Trinajstić information content (AvgIpc) is 3.50. The zero-order valence-corrected chi connectivity index (χ0v) is 46.0. The Labute approximate surface area is 456 Å². The van der Waals surface area contributed by atoms with Crippen molar-refractivity contribution < 1.29 is 71.7 Å². The fourth-order valence-electron chi connectivity index (χ4n) is 8.47. The van der Waals surface area contributed by atoms with Crippen molar-refractivity contribution in [3.05, 3.63) is 137 Å². The number of esters is 3. The summed E-state index contributed by atoms with van der Waals surface area (Å²) in [5.74, 6) is 1.07. The van der Waals surface area contributed by atoms with E-state index >= 15 is 0 Å². The lowest BCUT2D eigenvalue weighted by Crippen LogP contribution is -2.16. The molecular formula is C62H71NO15. The Morgan fingerprint density at radius 2 is 0.923 bits per heavy atom. The number of carbonyl (C=O) groups is 4. The van der Waals surface area contributed by atoms with Crippen LogP contribution in [0.3, 0.4) is 0 Å². The van der Waals surface area contributed by atoms with Gasteiger partial charge < -0.3 is 57.8 Å². The summed E-state index contributed by atoms with van der Waals surface area (Å²) in [6.45, 7) is 9.05. The zero-order valence-electron chi connectivity index (χ0n) is 46.0. The van der Waals surface area contributed by atoms with Gasteiger partial charge in [0, 0.05) is 29.8 Å². The molecule has 78 heavy (non-hydrogen) atoms. The van der Waals surface area contributed by atoms with E-state index in [0.29, 0.717) is 59.5 Å². The molecule has 0 heterocycles. The lowest BCUT2D eigenvalue weighted by atomic mass is 10.0. The van der Waals surface area contributed by atoms with Crippen LogP contribution < -0.4 is 52.7 Å². The Kier molecular flexibility index (Phi) is 22.2. The third-order valence-corrected chi connectivity index (χ3v) is 13.3. The number of anilines is 1. The van der Waals surface area contributed by atoms with E-state index in [4.69, 9.17) is 47.4 Å². The summed E-state index contributed by atoms with van der Waals surface area (Å²) in [4.78, 5) is 53.8. The molecule has 6 rings (SSSR count). The highest BCUT2D eigenvalue weighted by molar-refractivity contribution is 6.08. The van der Waals surface area contributed by atoms with Crippen LogP contribution >= 0.6 is 0 Å². The van der Waals surface area contributed by atoms with Crippen LogP contribution in [0.1, 0.15) is 126 Å². The van der Waals surface area contributed by atoms with Crippen LogP contribution in [0, 0.1) is 11.8 Å². The second-order valence-corrected chi connectivity index (χ2v) is 18.4. The number of nitrogens with one attached hydrogen (secondary N) is 1. The second-order valence-electron chi connectivity index (χ2n) is 18.4. The maximum atomic E-state index is 13.7. The third kappa shape index (κ3) is 15.5. The molecule has 6 aromatic rings. The van der Waals surface area contributed by atoms with Crippen molar-refractivity contribution in [2.45, 2.75) is 85.7 Å². The smallest absolute Gasteiger partial charge is 0.347 e. The molecule has 0 bridgehead atoms. The van der Waals surface area contributed by atoms with Crippen molar-refractivity contribution in [2.24, 2.45) is 11.8 Å². The Hall–Kier alpha value is -8.24. The van der Waals surface area contributed by atoms with E-state index in [-0.39, 0.29) is 56.6 Å². The van der Waals surface area contributed by atoms with Gasteiger partial charge in [-0.1, -0.05) is 90.5 Å². The number of ether oxygens (including phenoxy) is 10. The molecule has 0 aliphatic carbocycles. The van der Waals surface area contributed by atoms with Crippen LogP contribution in [-0.2, 0) is 6.61 Å². The molecule has 0 saturated carbocycles. The summed E-state index contributed by atoms with van der Waals surface area (Å²) in [6, 6.07) is 28.7. The summed E-state index contributed by atoms with van der Waals surface area (Å²) < 4.78 is 57.2. The molecule has 2 unspecified atom stereocenters. The minimum atomic E-state index is -0.772. The van der Waals surface area contributed by atoms with Gasteiger partial charge in [-0.05, 0) is 96.5 Å². The Morgan fingerprint density at radius 1 is 0.462 bits per heavy atom. The van der Waals surface area contributed by atoms with Crippen molar-refractivity contribution in [1.82, 2.24) is 0 Å². The topological polar surface area (TPSA) is 193 Å². The van der Waals surface area contributed by atoms with Gasteiger partial charge in [0.1, 0.15) is 40.1 Å². The fourth-order valence-corrected chi connectivity index (χ4v) is 8.47. The minimum Gasteiger partial charge on any atom is -0.496 e. The van der Waals surface area contributed by atoms with Crippen LogP contribution in [0.2, 0.25) is 0 Å². The molecule has 0 radical (unpaired) electrons. The van der Waals surface area contributed by atoms with Gasteiger partial charge in [-0.25, -0.2) is 14.4 Å². The SMILES string of the molecule is CCCCC(CC)COc1cc(OC)c(C(=O)Nc2ccc(C(=O)Oc3ccc(-c4ccc(OC(=O)c5ccc(OC(=O)c6cc(OC)c(OCC(CC)CCCC)cc6OC)c(CO)c5)cc4)cc3)cc2OC)cc1OC. The molecule has 16 nitrogen and oxygen atoms in total. The monoisotopic (exact) mass is 1070 g/mol. The number of carbonyl (C=O) groups excluding carboxylic acids is 4. The van der Waals surface area contributed by atoms with Crippen molar-refractivity contribution in [2.75, 3.05) is 54.1 Å². The summed E-state index contributed by atoms with van der Waals surface area (Å²) in [5.41, 5.74) is 2.64. The lowest BCUT2D eigenvalue weighted by molar-refractivity contribution is 0.0719. The molecular weight excluding hydrogens is 999 g/mol. The van der Waals surface area contributed by atoms with Gasteiger partial charge >= 0.3 is 17.9 Å².